The van der Waals surface area contributed by atoms with Gasteiger partial charge in [0, 0.05) is 12.5 Å². The smallest absolute Gasteiger partial charge is 0.326 e. The van der Waals surface area contributed by atoms with Crippen LogP contribution in [-0.4, -0.2) is 47.6 Å². The molecule has 1 rings (SSSR count). The summed E-state index contributed by atoms with van der Waals surface area (Å²) >= 11 is 1.59. The molecule has 19 heavy (non-hydrogen) atoms. The second kappa shape index (κ2) is 9.20. The van der Waals surface area contributed by atoms with Gasteiger partial charge in [-0.05, 0) is 44.2 Å². The number of nitrogens with one attached hydrogen (secondary N) is 2. The number of hydrogen-bond acceptors (Lipinski definition) is 4. The lowest BCUT2D eigenvalue weighted by Gasteiger charge is -2.23. The fourth-order valence-corrected chi connectivity index (χ4v) is 2.71. The zero-order chi connectivity index (χ0) is 14.1. The van der Waals surface area contributed by atoms with Gasteiger partial charge in [0.25, 0.3) is 0 Å². The molecule has 1 aliphatic heterocycles. The maximum absolute atomic E-state index is 11.8. The van der Waals surface area contributed by atoms with Crippen molar-refractivity contribution in [3.8, 4) is 0 Å². The number of carboxylic acid groups (broad SMARTS) is 1. The molecule has 0 bridgehead atoms. The molecule has 1 saturated heterocycles. The molecule has 0 radical (unpaired) electrons. The zero-order valence-corrected chi connectivity index (χ0v) is 12.3. The number of piperidine rings is 1. The van der Waals surface area contributed by atoms with Crippen LogP contribution in [0.1, 0.15) is 38.5 Å². The lowest BCUT2D eigenvalue weighted by molar-refractivity contribution is -0.141. The van der Waals surface area contributed by atoms with Gasteiger partial charge in [0.05, 0.1) is 0 Å². The molecule has 1 aliphatic rings. The summed E-state index contributed by atoms with van der Waals surface area (Å²) in [6, 6.07) is -0.340. The Balaban J connectivity index is 2.25. The summed E-state index contributed by atoms with van der Waals surface area (Å²) in [5.74, 6) is -0.361. The van der Waals surface area contributed by atoms with Crippen molar-refractivity contribution in [3.05, 3.63) is 0 Å². The average Bonchev–Trinajstić information content (AvgIpc) is 2.42. The third-order valence-corrected chi connectivity index (χ3v) is 4.02. The van der Waals surface area contributed by atoms with E-state index in [9.17, 15) is 9.59 Å². The van der Waals surface area contributed by atoms with Gasteiger partial charge in [-0.2, -0.15) is 11.8 Å². The maximum atomic E-state index is 11.8. The highest BCUT2D eigenvalue weighted by Gasteiger charge is 2.20. The molecule has 6 heteroatoms. The highest BCUT2D eigenvalue weighted by molar-refractivity contribution is 7.98. The van der Waals surface area contributed by atoms with E-state index in [2.05, 4.69) is 10.6 Å². The van der Waals surface area contributed by atoms with Crippen LogP contribution in [0.25, 0.3) is 0 Å². The highest BCUT2D eigenvalue weighted by Crippen LogP contribution is 2.11. The van der Waals surface area contributed by atoms with E-state index in [1.165, 1.54) is 12.8 Å². The molecule has 0 aromatic rings. The Hall–Kier alpha value is -0.750. The largest absolute Gasteiger partial charge is 0.480 e. The Labute approximate surface area is 118 Å². The molecule has 1 amide bonds. The minimum Gasteiger partial charge on any atom is -0.480 e. The molecule has 0 spiro atoms. The van der Waals surface area contributed by atoms with E-state index in [0.717, 1.165) is 25.1 Å². The van der Waals surface area contributed by atoms with E-state index in [-0.39, 0.29) is 5.91 Å². The Morgan fingerprint density at radius 3 is 2.84 bits per heavy atom. The van der Waals surface area contributed by atoms with Crippen LogP contribution in [0.3, 0.4) is 0 Å². The number of aliphatic carboxylic acids is 1. The van der Waals surface area contributed by atoms with Crippen LogP contribution in [-0.2, 0) is 9.59 Å². The second-order valence-corrected chi connectivity index (χ2v) is 5.91. The Morgan fingerprint density at radius 2 is 2.26 bits per heavy atom. The highest BCUT2D eigenvalue weighted by atomic mass is 32.2. The number of hydrogen-bond donors (Lipinski definition) is 3. The molecule has 2 atom stereocenters. The van der Waals surface area contributed by atoms with E-state index in [0.29, 0.717) is 18.9 Å². The number of carbonyl (C=O) groups is 2. The van der Waals surface area contributed by atoms with Crippen LogP contribution in [0.15, 0.2) is 0 Å². The number of carbonyl (C=O) groups excluding carboxylic acids is 1. The molecular formula is C13H24N2O3S. The van der Waals surface area contributed by atoms with E-state index in [4.69, 9.17) is 5.11 Å². The zero-order valence-electron chi connectivity index (χ0n) is 11.5. The molecule has 0 saturated carbocycles. The minimum atomic E-state index is -0.946. The standard InChI is InChI=1S/C13H24N2O3S/c1-19-9-7-11(13(17)18)15-12(16)6-5-10-4-2-3-8-14-10/h10-11,14H,2-9H2,1H3,(H,15,16)(H,17,18)/t10?,11-/m1/s1. The predicted molar refractivity (Wildman–Crippen MR) is 77.4 cm³/mol. The number of rotatable bonds is 8. The molecule has 1 heterocycles. The third kappa shape index (κ3) is 6.82. The third-order valence-electron chi connectivity index (χ3n) is 3.38. The van der Waals surface area contributed by atoms with Gasteiger partial charge >= 0.3 is 5.97 Å². The van der Waals surface area contributed by atoms with Gasteiger partial charge in [0.2, 0.25) is 5.91 Å². The molecule has 0 aromatic carbocycles. The quantitative estimate of drug-likeness (QED) is 0.626. The van der Waals surface area contributed by atoms with Gasteiger partial charge < -0.3 is 15.7 Å². The summed E-state index contributed by atoms with van der Waals surface area (Å²) in [6.07, 6.45) is 7.13. The molecular weight excluding hydrogens is 264 g/mol. The Morgan fingerprint density at radius 1 is 1.47 bits per heavy atom. The minimum absolute atomic E-state index is 0.152. The van der Waals surface area contributed by atoms with Crippen molar-refractivity contribution in [1.82, 2.24) is 10.6 Å². The van der Waals surface area contributed by atoms with E-state index >= 15 is 0 Å². The Kier molecular flexibility index (Phi) is 7.90. The fraction of sp³-hybridized carbons (Fsp3) is 0.846. The average molecular weight is 288 g/mol. The summed E-state index contributed by atoms with van der Waals surface area (Å²) in [7, 11) is 0. The van der Waals surface area contributed by atoms with Crippen molar-refractivity contribution in [2.75, 3.05) is 18.6 Å². The summed E-state index contributed by atoms with van der Waals surface area (Å²) in [4.78, 5) is 22.8. The van der Waals surface area contributed by atoms with Crippen LogP contribution < -0.4 is 10.6 Å². The summed E-state index contributed by atoms with van der Waals surface area (Å²) in [5, 5.41) is 15.0. The van der Waals surface area contributed by atoms with E-state index in [1.54, 1.807) is 11.8 Å². The van der Waals surface area contributed by atoms with Gasteiger partial charge in [0.15, 0.2) is 0 Å². The van der Waals surface area contributed by atoms with Crippen molar-refractivity contribution in [3.63, 3.8) is 0 Å². The molecule has 3 N–H and O–H groups in total. The van der Waals surface area contributed by atoms with Gasteiger partial charge in [-0.25, -0.2) is 4.79 Å². The van der Waals surface area contributed by atoms with E-state index in [1.807, 2.05) is 6.26 Å². The van der Waals surface area contributed by atoms with Crippen molar-refractivity contribution in [2.45, 2.75) is 50.6 Å². The maximum Gasteiger partial charge on any atom is 0.326 e. The van der Waals surface area contributed by atoms with Gasteiger partial charge in [-0.15, -0.1) is 0 Å². The summed E-state index contributed by atoms with van der Waals surface area (Å²) in [6.45, 7) is 1.03. The lowest BCUT2D eigenvalue weighted by atomic mass is 10.0. The first-order valence-corrected chi connectivity index (χ1v) is 8.27. The summed E-state index contributed by atoms with van der Waals surface area (Å²) < 4.78 is 0. The number of carboxylic acids is 1. The first-order valence-electron chi connectivity index (χ1n) is 6.88. The van der Waals surface area contributed by atoms with Crippen molar-refractivity contribution in [1.29, 1.82) is 0 Å². The van der Waals surface area contributed by atoms with Gasteiger partial charge in [0.1, 0.15) is 6.04 Å². The van der Waals surface area contributed by atoms with Crippen LogP contribution in [0.2, 0.25) is 0 Å². The van der Waals surface area contributed by atoms with Gasteiger partial charge in [-0.1, -0.05) is 6.42 Å². The van der Waals surface area contributed by atoms with Crippen molar-refractivity contribution in [2.24, 2.45) is 0 Å². The molecule has 0 aliphatic carbocycles. The Bertz CT molecular complexity index is 294. The topological polar surface area (TPSA) is 78.4 Å². The molecule has 1 fully saturated rings. The number of amides is 1. The predicted octanol–water partition coefficient (Wildman–Crippen LogP) is 1.23. The summed E-state index contributed by atoms with van der Waals surface area (Å²) in [5.41, 5.74) is 0. The lowest BCUT2D eigenvalue weighted by Crippen LogP contribution is -2.42. The monoisotopic (exact) mass is 288 g/mol. The van der Waals surface area contributed by atoms with Crippen LogP contribution in [0.5, 0.6) is 0 Å². The first kappa shape index (κ1) is 16.3. The first-order chi connectivity index (χ1) is 9.13. The molecule has 5 nitrogen and oxygen atoms in total. The van der Waals surface area contributed by atoms with Crippen LogP contribution in [0.4, 0.5) is 0 Å². The SMILES string of the molecule is CSCC[C@@H](NC(=O)CCC1CCCCN1)C(=O)O. The van der Waals surface area contributed by atoms with E-state index < -0.39 is 12.0 Å². The molecule has 110 valence electrons. The normalized spacial score (nSPS) is 20.8. The van der Waals surface area contributed by atoms with Crippen molar-refractivity contribution >= 4 is 23.6 Å². The molecule has 0 aromatic heterocycles. The van der Waals surface area contributed by atoms with Crippen LogP contribution in [0, 0.1) is 0 Å². The molecule has 1 unspecified atom stereocenters. The number of thioether (sulfide) groups is 1. The van der Waals surface area contributed by atoms with Crippen LogP contribution >= 0.6 is 11.8 Å². The fourth-order valence-electron chi connectivity index (χ4n) is 2.24. The van der Waals surface area contributed by atoms with Gasteiger partial charge in [-0.3, -0.25) is 4.79 Å². The second-order valence-electron chi connectivity index (χ2n) is 4.93. The van der Waals surface area contributed by atoms with Crippen molar-refractivity contribution < 1.29 is 14.7 Å².